The van der Waals surface area contributed by atoms with Gasteiger partial charge in [0.25, 0.3) is 0 Å². The van der Waals surface area contributed by atoms with Gasteiger partial charge in [0.05, 0.1) is 17.0 Å². The van der Waals surface area contributed by atoms with Gasteiger partial charge in [0.1, 0.15) is 23.3 Å². The second-order valence-electron chi connectivity index (χ2n) is 10.0. The Morgan fingerprint density at radius 2 is 1.90 bits per heavy atom. The first kappa shape index (κ1) is 33.8. The average Bonchev–Trinajstić information content (AvgIpc) is 3.55. The number of nitriles is 1. The fourth-order valence-corrected chi connectivity index (χ4v) is 5.87. The molecule has 1 aliphatic heterocycles. The van der Waals surface area contributed by atoms with E-state index in [1.807, 2.05) is 44.4 Å². The van der Waals surface area contributed by atoms with E-state index in [9.17, 15) is 0 Å². The van der Waals surface area contributed by atoms with E-state index in [2.05, 4.69) is 38.1 Å². The number of piperidine rings is 1. The molecule has 3 aromatic heterocycles. The van der Waals surface area contributed by atoms with Gasteiger partial charge >= 0.3 is 0 Å². The Hall–Kier alpha value is -2.38. The topological polar surface area (TPSA) is 78.4 Å². The number of thiophene rings is 1. The Morgan fingerprint density at radius 3 is 2.58 bits per heavy atom. The number of halogens is 3. The molecule has 0 unspecified atom stereocenters. The van der Waals surface area contributed by atoms with Crippen molar-refractivity contribution in [1.82, 2.24) is 19.9 Å². The van der Waals surface area contributed by atoms with E-state index in [-0.39, 0.29) is 37.2 Å². The largest absolute Gasteiger partial charge is 0.487 e. The molecule has 0 bridgehead atoms. The molecule has 216 valence electrons. The second-order valence-corrected chi connectivity index (χ2v) is 11.2. The average molecular weight is 625 g/mol. The zero-order valence-electron chi connectivity index (χ0n) is 22.7. The summed E-state index contributed by atoms with van der Waals surface area (Å²) in [6.07, 6.45) is 6.22. The van der Waals surface area contributed by atoms with Crippen molar-refractivity contribution in [1.29, 1.82) is 5.26 Å². The summed E-state index contributed by atoms with van der Waals surface area (Å²) < 4.78 is 12.1. The minimum absolute atomic E-state index is 0. The van der Waals surface area contributed by atoms with Crippen LogP contribution in [0.3, 0.4) is 0 Å². The van der Waals surface area contributed by atoms with Crippen molar-refractivity contribution in [3.63, 3.8) is 0 Å². The lowest BCUT2D eigenvalue weighted by molar-refractivity contribution is 0.173. The molecule has 0 N–H and O–H groups in total. The highest BCUT2D eigenvalue weighted by molar-refractivity contribution is 7.12. The van der Waals surface area contributed by atoms with Crippen LogP contribution in [0.5, 0.6) is 5.75 Å². The summed E-state index contributed by atoms with van der Waals surface area (Å²) in [5.74, 6) is 1.51. The van der Waals surface area contributed by atoms with Crippen LogP contribution >= 0.6 is 48.6 Å². The van der Waals surface area contributed by atoms with Crippen molar-refractivity contribution in [3.8, 4) is 11.8 Å². The third-order valence-corrected chi connectivity index (χ3v) is 7.97. The van der Waals surface area contributed by atoms with Gasteiger partial charge in [0.2, 0.25) is 0 Å². The smallest absolute Gasteiger partial charge is 0.175 e. The number of pyridine rings is 1. The molecule has 0 atom stereocenters. The molecule has 7 nitrogen and oxygen atoms in total. The number of likely N-dealkylation sites (tertiary alicyclic amines) is 1. The minimum atomic E-state index is 0. The number of aryl methyl sites for hydroxylation is 1. The van der Waals surface area contributed by atoms with Gasteiger partial charge < -0.3 is 14.2 Å². The fraction of sp³-hybridized carbons (Fsp3) is 0.414. The van der Waals surface area contributed by atoms with Gasteiger partial charge in [0, 0.05) is 29.5 Å². The minimum Gasteiger partial charge on any atom is -0.487 e. The Labute approximate surface area is 258 Å². The molecule has 1 fully saturated rings. The van der Waals surface area contributed by atoms with E-state index < -0.39 is 0 Å². The lowest BCUT2D eigenvalue weighted by Crippen LogP contribution is -2.33. The molecule has 0 saturated carbocycles. The molecule has 0 spiro atoms. The van der Waals surface area contributed by atoms with E-state index in [1.165, 1.54) is 17.7 Å². The Bertz CT molecular complexity index is 1370. The first-order chi connectivity index (χ1) is 18.1. The van der Waals surface area contributed by atoms with Gasteiger partial charge in [-0.25, -0.2) is 0 Å². The number of aromatic nitrogens is 2. The quantitative estimate of drug-likeness (QED) is 0.190. The lowest BCUT2D eigenvalue weighted by Gasteiger charge is -2.31. The van der Waals surface area contributed by atoms with Gasteiger partial charge in [-0.1, -0.05) is 11.2 Å². The lowest BCUT2D eigenvalue weighted by atomic mass is 9.91. The van der Waals surface area contributed by atoms with E-state index in [0.717, 1.165) is 71.0 Å². The zero-order chi connectivity index (χ0) is 25.6. The summed E-state index contributed by atoms with van der Waals surface area (Å²) in [7, 11) is 4.10. The Balaban J connectivity index is 0.00000187. The standard InChI is InChI=1S/C29H33N5O2S.3ClH/c1-33(2)19-26-28(35-20-22-5-3-4-14-31-22)11-9-25-27(32-36-29(25)26)10-6-21-12-15-34(16-13-21)18-24-8-7-23(17-30)37-24;;;/h3-5,7-9,11,14,21H,6,10,12-13,15-16,18-20H2,1-2H3;3*1H. The predicted octanol–water partition coefficient (Wildman–Crippen LogP) is 6.91. The van der Waals surface area contributed by atoms with Crippen LogP contribution in [0.2, 0.25) is 0 Å². The number of ether oxygens (including phenoxy) is 1. The fourth-order valence-electron chi connectivity index (χ4n) is 5.03. The van der Waals surface area contributed by atoms with Gasteiger partial charge in [-0.15, -0.1) is 48.6 Å². The highest BCUT2D eigenvalue weighted by Crippen LogP contribution is 2.33. The number of rotatable bonds is 10. The highest BCUT2D eigenvalue weighted by Gasteiger charge is 2.22. The van der Waals surface area contributed by atoms with Crippen LogP contribution in [0.4, 0.5) is 0 Å². The number of fused-ring (bicyclic) bond motifs is 1. The molecule has 40 heavy (non-hydrogen) atoms. The Kier molecular flexibility index (Phi) is 13.7. The van der Waals surface area contributed by atoms with E-state index in [0.29, 0.717) is 19.1 Å². The number of hydrogen-bond acceptors (Lipinski definition) is 8. The van der Waals surface area contributed by atoms with Crippen LogP contribution in [0.1, 0.15) is 46.0 Å². The van der Waals surface area contributed by atoms with Crippen LogP contribution < -0.4 is 4.74 Å². The summed E-state index contributed by atoms with van der Waals surface area (Å²) >= 11 is 1.61. The molecular weight excluding hydrogens is 589 g/mol. The molecule has 1 saturated heterocycles. The maximum absolute atomic E-state index is 9.05. The molecule has 1 aromatic carbocycles. The maximum Gasteiger partial charge on any atom is 0.175 e. The van der Waals surface area contributed by atoms with Crippen LogP contribution in [-0.4, -0.2) is 47.1 Å². The summed E-state index contributed by atoms with van der Waals surface area (Å²) in [6.45, 7) is 4.29. The normalized spacial score (nSPS) is 13.8. The third-order valence-electron chi connectivity index (χ3n) is 7.00. The summed E-state index contributed by atoms with van der Waals surface area (Å²) in [5, 5.41) is 14.6. The molecule has 11 heteroatoms. The van der Waals surface area contributed by atoms with Gasteiger partial charge in [0.15, 0.2) is 5.58 Å². The van der Waals surface area contributed by atoms with Gasteiger partial charge in [-0.2, -0.15) is 5.26 Å². The van der Waals surface area contributed by atoms with E-state index in [1.54, 1.807) is 17.5 Å². The molecule has 0 amide bonds. The Morgan fingerprint density at radius 1 is 1.10 bits per heavy atom. The molecular formula is C29H36Cl3N5O2S. The van der Waals surface area contributed by atoms with Crippen LogP contribution in [0, 0.1) is 17.2 Å². The first-order valence-electron chi connectivity index (χ1n) is 12.9. The predicted molar refractivity (Wildman–Crippen MR) is 167 cm³/mol. The number of benzene rings is 1. The first-order valence-corrected chi connectivity index (χ1v) is 13.7. The number of hydrogen-bond donors (Lipinski definition) is 0. The number of nitrogens with zero attached hydrogens (tertiary/aromatic N) is 5. The van der Waals surface area contributed by atoms with Crippen molar-refractivity contribution in [2.24, 2.45) is 5.92 Å². The van der Waals surface area contributed by atoms with Gasteiger partial charge in [-0.3, -0.25) is 9.88 Å². The molecule has 4 aromatic rings. The maximum atomic E-state index is 9.05. The van der Waals surface area contributed by atoms with Crippen molar-refractivity contribution in [2.75, 3.05) is 27.2 Å². The summed E-state index contributed by atoms with van der Waals surface area (Å²) in [4.78, 5) is 11.1. The van der Waals surface area contributed by atoms with Crippen molar-refractivity contribution in [2.45, 2.75) is 45.4 Å². The van der Waals surface area contributed by atoms with E-state index >= 15 is 0 Å². The van der Waals surface area contributed by atoms with E-state index in [4.69, 9.17) is 14.5 Å². The molecule has 4 heterocycles. The summed E-state index contributed by atoms with van der Waals surface area (Å²) in [6, 6.07) is 16.2. The van der Waals surface area contributed by atoms with Crippen molar-refractivity contribution in [3.05, 3.63) is 75.4 Å². The van der Waals surface area contributed by atoms with Crippen LogP contribution in [0.25, 0.3) is 11.0 Å². The second kappa shape index (κ2) is 16.2. The third kappa shape index (κ3) is 8.56. The van der Waals surface area contributed by atoms with Crippen LogP contribution in [0.15, 0.2) is 53.2 Å². The molecule has 0 radical (unpaired) electrons. The highest BCUT2D eigenvalue weighted by atomic mass is 35.5. The van der Waals surface area contributed by atoms with Gasteiger partial charge in [-0.05, 0) is 95.2 Å². The molecule has 5 rings (SSSR count). The summed E-state index contributed by atoms with van der Waals surface area (Å²) in [5.41, 5.74) is 3.78. The van der Waals surface area contributed by atoms with Crippen molar-refractivity contribution < 1.29 is 9.26 Å². The zero-order valence-corrected chi connectivity index (χ0v) is 26.0. The monoisotopic (exact) mass is 623 g/mol. The SMILES string of the molecule is CN(C)Cc1c(OCc2ccccn2)ccc2c(CCC3CCN(Cc4ccc(C#N)s4)CC3)noc12.Cl.Cl.Cl. The molecule has 0 aliphatic carbocycles. The molecule has 1 aliphatic rings. The van der Waals surface area contributed by atoms with Crippen LogP contribution in [-0.2, 0) is 26.1 Å². The van der Waals surface area contributed by atoms with Crippen molar-refractivity contribution >= 4 is 59.5 Å².